The normalized spacial score (nSPS) is 46.9. The molecule has 0 aromatic carbocycles. The molecule has 0 radical (unpaired) electrons. The molecule has 3 nitrogen and oxygen atoms in total. The number of carbonyl (C=O) groups excluding carboxylic acids is 2. The molecule has 13 heavy (non-hydrogen) atoms. The molecule has 2 amide bonds. The summed E-state index contributed by atoms with van der Waals surface area (Å²) in [6, 6.07) is 0. The molecule has 1 aliphatic heterocycles. The molecule has 4 atom stereocenters. The molecule has 2 saturated carbocycles. The molecule has 2 aliphatic carbocycles. The Labute approximate surface area is 76.2 Å². The minimum absolute atomic E-state index is 0.0250. The Morgan fingerprint density at radius 3 is 2.69 bits per heavy atom. The van der Waals surface area contributed by atoms with Gasteiger partial charge in [-0.2, -0.15) is 0 Å². The first kappa shape index (κ1) is 7.30. The first-order chi connectivity index (χ1) is 6.18. The number of allylic oxidation sites excluding steroid dienone is 1. The van der Waals surface area contributed by atoms with Crippen molar-refractivity contribution in [3.05, 3.63) is 12.2 Å². The predicted molar refractivity (Wildman–Crippen MR) is 45.5 cm³/mol. The predicted octanol–water partition coefficient (Wildman–Crippen LogP) is 0.471. The number of rotatable bonds is 0. The fourth-order valence-electron chi connectivity index (χ4n) is 3.29. The topological polar surface area (TPSA) is 46.2 Å². The second-order valence-electron chi connectivity index (χ2n) is 4.37. The van der Waals surface area contributed by atoms with Crippen LogP contribution >= 0.6 is 0 Å². The van der Waals surface area contributed by atoms with Gasteiger partial charge in [0.05, 0.1) is 11.8 Å². The number of carbonyl (C=O) groups is 2. The molecule has 3 heteroatoms. The lowest BCUT2D eigenvalue weighted by molar-refractivity contribution is -0.126. The van der Waals surface area contributed by atoms with E-state index in [-0.39, 0.29) is 23.7 Å². The molecule has 1 heterocycles. The highest BCUT2D eigenvalue weighted by atomic mass is 16.2. The van der Waals surface area contributed by atoms with E-state index in [1.807, 2.05) is 0 Å². The third-order valence-electron chi connectivity index (χ3n) is 3.79. The number of hydrogen-bond donors (Lipinski definition) is 1. The van der Waals surface area contributed by atoms with Crippen molar-refractivity contribution in [2.75, 3.05) is 0 Å². The Balaban J connectivity index is 2.05. The lowest BCUT2D eigenvalue weighted by atomic mass is 9.79. The first-order valence-corrected chi connectivity index (χ1v) is 4.71. The van der Waals surface area contributed by atoms with Crippen LogP contribution in [-0.4, -0.2) is 11.8 Å². The fraction of sp³-hybridized carbons (Fsp3) is 0.600. The molecule has 1 saturated heterocycles. The third kappa shape index (κ3) is 0.705. The maximum absolute atomic E-state index is 11.4. The summed E-state index contributed by atoms with van der Waals surface area (Å²) >= 11 is 0. The highest BCUT2D eigenvalue weighted by Gasteiger charge is 2.59. The number of nitrogens with one attached hydrogen (secondary N) is 1. The monoisotopic (exact) mass is 177 g/mol. The summed E-state index contributed by atoms with van der Waals surface area (Å²) in [5.41, 5.74) is 1.18. The van der Waals surface area contributed by atoms with Crippen molar-refractivity contribution < 1.29 is 9.59 Å². The highest BCUT2D eigenvalue weighted by Crippen LogP contribution is 2.56. The summed E-state index contributed by atoms with van der Waals surface area (Å²) in [6.07, 6.45) is 1.96. The van der Waals surface area contributed by atoms with Crippen LogP contribution in [0.25, 0.3) is 0 Å². The zero-order valence-electron chi connectivity index (χ0n) is 7.25. The summed E-state index contributed by atoms with van der Waals surface area (Å²) in [4.78, 5) is 22.8. The van der Waals surface area contributed by atoms with E-state index in [9.17, 15) is 9.59 Å². The van der Waals surface area contributed by atoms with E-state index in [4.69, 9.17) is 0 Å². The second-order valence-corrected chi connectivity index (χ2v) is 4.37. The fourth-order valence-corrected chi connectivity index (χ4v) is 3.29. The molecule has 0 spiro atoms. The van der Waals surface area contributed by atoms with Crippen molar-refractivity contribution >= 4 is 11.8 Å². The Kier molecular flexibility index (Phi) is 1.14. The second kappa shape index (κ2) is 2.03. The maximum atomic E-state index is 11.4. The van der Waals surface area contributed by atoms with Gasteiger partial charge in [-0.05, 0) is 24.7 Å². The van der Waals surface area contributed by atoms with Gasteiger partial charge < -0.3 is 0 Å². The summed E-state index contributed by atoms with van der Waals surface area (Å²) in [7, 11) is 0. The van der Waals surface area contributed by atoms with Gasteiger partial charge >= 0.3 is 0 Å². The van der Waals surface area contributed by atoms with Crippen LogP contribution in [0.4, 0.5) is 0 Å². The van der Waals surface area contributed by atoms with Crippen LogP contribution in [0, 0.1) is 23.7 Å². The van der Waals surface area contributed by atoms with Crippen LogP contribution in [0.1, 0.15) is 12.8 Å². The van der Waals surface area contributed by atoms with Crippen molar-refractivity contribution in [3.63, 3.8) is 0 Å². The van der Waals surface area contributed by atoms with Gasteiger partial charge in [0, 0.05) is 0 Å². The van der Waals surface area contributed by atoms with Crippen LogP contribution in [0.15, 0.2) is 12.2 Å². The average molecular weight is 177 g/mol. The van der Waals surface area contributed by atoms with Gasteiger partial charge in [0.2, 0.25) is 11.8 Å². The molecule has 1 N–H and O–H groups in total. The molecule has 4 unspecified atom stereocenters. The van der Waals surface area contributed by atoms with Gasteiger partial charge in [0.1, 0.15) is 0 Å². The van der Waals surface area contributed by atoms with E-state index in [0.29, 0.717) is 11.8 Å². The van der Waals surface area contributed by atoms with Crippen molar-refractivity contribution in [3.8, 4) is 0 Å². The molecular weight excluding hydrogens is 166 g/mol. The Bertz CT molecular complexity index is 334. The van der Waals surface area contributed by atoms with E-state index in [1.54, 1.807) is 0 Å². The third-order valence-corrected chi connectivity index (χ3v) is 3.79. The zero-order valence-corrected chi connectivity index (χ0v) is 7.25. The zero-order chi connectivity index (χ0) is 9.16. The summed E-state index contributed by atoms with van der Waals surface area (Å²) in [6.45, 7) is 3.97. The van der Waals surface area contributed by atoms with Crippen LogP contribution in [0.2, 0.25) is 0 Å². The first-order valence-electron chi connectivity index (χ1n) is 4.71. The average Bonchev–Trinajstić information content (AvgIpc) is 2.64. The molecule has 68 valence electrons. The standard InChI is InChI=1S/C10H11NO2/c1-4-2-5-3-6(4)8-7(5)9(12)11-10(8)13/h5-8H,1-3H2,(H,11,12,13). The lowest BCUT2D eigenvalue weighted by Crippen LogP contribution is -2.25. The van der Waals surface area contributed by atoms with Gasteiger partial charge in [-0.15, -0.1) is 0 Å². The van der Waals surface area contributed by atoms with Gasteiger partial charge in [-0.1, -0.05) is 12.2 Å². The van der Waals surface area contributed by atoms with E-state index in [1.165, 1.54) is 5.57 Å². The molecule has 0 aromatic rings. The largest absolute Gasteiger partial charge is 0.296 e. The van der Waals surface area contributed by atoms with Crippen molar-refractivity contribution in [1.29, 1.82) is 0 Å². The van der Waals surface area contributed by atoms with E-state index >= 15 is 0 Å². The Morgan fingerprint density at radius 1 is 1.23 bits per heavy atom. The number of hydrogen-bond acceptors (Lipinski definition) is 2. The smallest absolute Gasteiger partial charge is 0.231 e. The van der Waals surface area contributed by atoms with Gasteiger partial charge in [-0.25, -0.2) is 0 Å². The van der Waals surface area contributed by atoms with Crippen LogP contribution in [0.3, 0.4) is 0 Å². The summed E-state index contributed by atoms with van der Waals surface area (Å²) in [5, 5.41) is 2.42. The number of imide groups is 1. The minimum atomic E-state index is -0.0706. The lowest BCUT2D eigenvalue weighted by Gasteiger charge is -2.21. The van der Waals surface area contributed by atoms with E-state index in [0.717, 1.165) is 12.8 Å². The molecular formula is C10H11NO2. The number of amides is 2. The SMILES string of the molecule is C=C1CC2CC1C1C(=O)NC(=O)C21. The molecule has 3 fully saturated rings. The van der Waals surface area contributed by atoms with Gasteiger partial charge in [0.25, 0.3) is 0 Å². The van der Waals surface area contributed by atoms with Gasteiger partial charge in [-0.3, -0.25) is 14.9 Å². The molecule has 3 rings (SSSR count). The minimum Gasteiger partial charge on any atom is -0.296 e. The number of fused-ring (bicyclic) bond motifs is 5. The van der Waals surface area contributed by atoms with Crippen molar-refractivity contribution in [1.82, 2.24) is 5.32 Å². The molecule has 0 aromatic heterocycles. The van der Waals surface area contributed by atoms with Crippen molar-refractivity contribution in [2.24, 2.45) is 23.7 Å². The van der Waals surface area contributed by atoms with E-state index in [2.05, 4.69) is 11.9 Å². The summed E-state index contributed by atoms with van der Waals surface area (Å²) < 4.78 is 0. The van der Waals surface area contributed by atoms with Crippen LogP contribution in [0.5, 0.6) is 0 Å². The van der Waals surface area contributed by atoms with Crippen molar-refractivity contribution in [2.45, 2.75) is 12.8 Å². The van der Waals surface area contributed by atoms with Gasteiger partial charge in [0.15, 0.2) is 0 Å². The highest BCUT2D eigenvalue weighted by molar-refractivity contribution is 6.06. The maximum Gasteiger partial charge on any atom is 0.231 e. The quantitative estimate of drug-likeness (QED) is 0.432. The molecule has 2 bridgehead atoms. The summed E-state index contributed by atoms with van der Waals surface area (Å²) in [5.74, 6) is 0.482. The van der Waals surface area contributed by atoms with Crippen LogP contribution < -0.4 is 5.32 Å². The Morgan fingerprint density at radius 2 is 1.92 bits per heavy atom. The Hall–Kier alpha value is -1.12. The molecule has 3 aliphatic rings. The van der Waals surface area contributed by atoms with Crippen LogP contribution in [-0.2, 0) is 9.59 Å². The van der Waals surface area contributed by atoms with E-state index < -0.39 is 0 Å².